The number of hydrogen-bond donors (Lipinski definition) is 1. The van der Waals surface area contributed by atoms with Crippen LogP contribution in [0.3, 0.4) is 0 Å². The molecule has 1 aliphatic heterocycles. The molecular formula is C20H19N3O3. The van der Waals surface area contributed by atoms with E-state index < -0.39 is 0 Å². The van der Waals surface area contributed by atoms with Crippen LogP contribution in [-0.4, -0.2) is 28.8 Å². The molecular weight excluding hydrogens is 330 g/mol. The van der Waals surface area contributed by atoms with Crippen molar-refractivity contribution in [3.8, 4) is 22.9 Å². The predicted molar refractivity (Wildman–Crippen MR) is 97.5 cm³/mol. The van der Waals surface area contributed by atoms with Crippen molar-refractivity contribution >= 4 is 11.6 Å². The molecule has 0 saturated carbocycles. The van der Waals surface area contributed by atoms with Crippen LogP contribution >= 0.6 is 0 Å². The zero-order chi connectivity index (χ0) is 17.9. The highest BCUT2D eigenvalue weighted by molar-refractivity contribution is 5.94. The van der Waals surface area contributed by atoms with E-state index >= 15 is 0 Å². The topological polar surface area (TPSA) is 77.2 Å². The Morgan fingerprint density at radius 2 is 1.62 bits per heavy atom. The van der Waals surface area contributed by atoms with E-state index in [1.54, 1.807) is 0 Å². The van der Waals surface area contributed by atoms with Gasteiger partial charge >= 0.3 is 0 Å². The molecule has 0 spiro atoms. The number of rotatable bonds is 4. The van der Waals surface area contributed by atoms with Gasteiger partial charge in [-0.25, -0.2) is 0 Å². The lowest BCUT2D eigenvalue weighted by atomic mass is 10.1. The van der Waals surface area contributed by atoms with Gasteiger partial charge in [0.15, 0.2) is 0 Å². The molecule has 132 valence electrons. The number of hydrogen-bond acceptors (Lipinski definition) is 5. The first-order valence-electron chi connectivity index (χ1n) is 8.62. The number of carbonyl (C=O) groups excluding carboxylic acids is 1. The monoisotopic (exact) mass is 349 g/mol. The Morgan fingerprint density at radius 1 is 1.00 bits per heavy atom. The summed E-state index contributed by atoms with van der Waals surface area (Å²) in [4.78, 5) is 12.1. The van der Waals surface area contributed by atoms with Crippen LogP contribution in [0.5, 0.6) is 0 Å². The zero-order valence-electron chi connectivity index (χ0n) is 14.4. The molecule has 0 aliphatic carbocycles. The van der Waals surface area contributed by atoms with Crippen LogP contribution in [0.15, 0.2) is 52.9 Å². The summed E-state index contributed by atoms with van der Waals surface area (Å²) in [6, 6.07) is 15.2. The number of carbonyl (C=O) groups is 1. The molecule has 1 atom stereocenters. The van der Waals surface area contributed by atoms with Crippen molar-refractivity contribution < 1.29 is 13.9 Å². The number of nitrogens with one attached hydrogen (secondary N) is 1. The molecule has 0 bridgehead atoms. The van der Waals surface area contributed by atoms with Gasteiger partial charge in [-0.1, -0.05) is 17.7 Å². The Morgan fingerprint density at radius 3 is 2.19 bits per heavy atom. The molecule has 0 unspecified atom stereocenters. The summed E-state index contributed by atoms with van der Waals surface area (Å²) in [5, 5.41) is 11.1. The van der Waals surface area contributed by atoms with Crippen molar-refractivity contribution in [1.29, 1.82) is 0 Å². The SMILES string of the molecule is Cc1ccc(-c2nnc(-c3ccc(NC(=O)[C@H]4CCCO4)cc3)o2)cc1. The molecule has 1 N–H and O–H groups in total. The lowest BCUT2D eigenvalue weighted by molar-refractivity contribution is -0.124. The number of ether oxygens (including phenoxy) is 1. The Kier molecular flexibility index (Phi) is 4.50. The van der Waals surface area contributed by atoms with Crippen molar-refractivity contribution in [2.45, 2.75) is 25.9 Å². The molecule has 6 nitrogen and oxygen atoms in total. The molecule has 1 aliphatic rings. The minimum Gasteiger partial charge on any atom is -0.416 e. The minimum atomic E-state index is -0.345. The summed E-state index contributed by atoms with van der Waals surface area (Å²) in [6.07, 6.45) is 1.35. The summed E-state index contributed by atoms with van der Waals surface area (Å²) in [5.74, 6) is 0.822. The van der Waals surface area contributed by atoms with Gasteiger partial charge in [-0.05, 0) is 56.2 Å². The normalized spacial score (nSPS) is 16.6. The Labute approximate surface area is 151 Å². The molecule has 3 aromatic rings. The van der Waals surface area contributed by atoms with Crippen molar-refractivity contribution in [1.82, 2.24) is 10.2 Å². The number of nitrogens with zero attached hydrogens (tertiary/aromatic N) is 2. The van der Waals surface area contributed by atoms with Crippen LogP contribution in [0.2, 0.25) is 0 Å². The van der Waals surface area contributed by atoms with Gasteiger partial charge in [0, 0.05) is 23.4 Å². The van der Waals surface area contributed by atoms with E-state index in [0.717, 1.165) is 24.0 Å². The highest BCUT2D eigenvalue weighted by Gasteiger charge is 2.23. The summed E-state index contributed by atoms with van der Waals surface area (Å²) in [6.45, 7) is 2.68. The van der Waals surface area contributed by atoms with Gasteiger partial charge in [0.2, 0.25) is 11.8 Å². The lowest BCUT2D eigenvalue weighted by Crippen LogP contribution is -2.26. The van der Waals surface area contributed by atoms with E-state index in [1.807, 2.05) is 55.5 Å². The highest BCUT2D eigenvalue weighted by atomic mass is 16.5. The van der Waals surface area contributed by atoms with Crippen LogP contribution in [0.4, 0.5) is 5.69 Å². The first-order valence-corrected chi connectivity index (χ1v) is 8.62. The van der Waals surface area contributed by atoms with E-state index in [0.29, 0.717) is 24.1 Å². The second-order valence-corrected chi connectivity index (χ2v) is 6.35. The third-order valence-corrected chi connectivity index (χ3v) is 4.35. The summed E-state index contributed by atoms with van der Waals surface area (Å²) in [7, 11) is 0. The third kappa shape index (κ3) is 3.50. The summed E-state index contributed by atoms with van der Waals surface area (Å²) < 4.78 is 11.2. The van der Waals surface area contributed by atoms with Crippen molar-refractivity contribution in [3.63, 3.8) is 0 Å². The standard InChI is InChI=1S/C20H19N3O3/c1-13-4-6-14(7-5-13)19-22-23-20(26-19)15-8-10-16(11-9-15)21-18(24)17-3-2-12-25-17/h4-11,17H,2-3,12H2,1H3,(H,21,24)/t17-/m1/s1. The molecule has 1 saturated heterocycles. The van der Waals surface area contributed by atoms with Gasteiger partial charge in [0.25, 0.3) is 5.91 Å². The Bertz CT molecular complexity index is 895. The van der Waals surface area contributed by atoms with Crippen LogP contribution in [0.1, 0.15) is 18.4 Å². The summed E-state index contributed by atoms with van der Waals surface area (Å²) >= 11 is 0. The molecule has 1 amide bonds. The maximum absolute atomic E-state index is 12.1. The zero-order valence-corrected chi connectivity index (χ0v) is 14.4. The second kappa shape index (κ2) is 7.09. The van der Waals surface area contributed by atoms with Crippen molar-refractivity contribution in [3.05, 3.63) is 54.1 Å². The van der Waals surface area contributed by atoms with E-state index in [1.165, 1.54) is 5.56 Å². The quantitative estimate of drug-likeness (QED) is 0.774. The number of amides is 1. The molecule has 26 heavy (non-hydrogen) atoms. The Hall–Kier alpha value is -2.99. The van der Waals surface area contributed by atoms with Gasteiger partial charge in [0.05, 0.1) is 0 Å². The van der Waals surface area contributed by atoms with Crippen molar-refractivity contribution in [2.75, 3.05) is 11.9 Å². The smallest absolute Gasteiger partial charge is 0.253 e. The van der Waals surface area contributed by atoms with Gasteiger partial charge in [-0.15, -0.1) is 10.2 Å². The molecule has 2 aromatic carbocycles. The van der Waals surface area contributed by atoms with Crippen molar-refractivity contribution in [2.24, 2.45) is 0 Å². The molecule has 4 rings (SSSR count). The fraction of sp³-hybridized carbons (Fsp3) is 0.250. The molecule has 0 radical (unpaired) electrons. The second-order valence-electron chi connectivity index (χ2n) is 6.35. The molecule has 1 aromatic heterocycles. The fourth-order valence-electron chi connectivity index (χ4n) is 2.86. The first kappa shape index (κ1) is 16.5. The Balaban J connectivity index is 1.47. The fourth-order valence-corrected chi connectivity index (χ4v) is 2.86. The largest absolute Gasteiger partial charge is 0.416 e. The van der Waals surface area contributed by atoms with Gasteiger partial charge < -0.3 is 14.5 Å². The summed E-state index contributed by atoms with van der Waals surface area (Å²) in [5.41, 5.74) is 3.57. The molecule has 2 heterocycles. The van der Waals surface area contributed by atoms with E-state index in [-0.39, 0.29) is 12.0 Å². The van der Waals surface area contributed by atoms with Crippen LogP contribution < -0.4 is 5.32 Å². The number of anilines is 1. The molecule has 6 heteroatoms. The maximum atomic E-state index is 12.1. The van der Waals surface area contributed by atoms with E-state index in [2.05, 4.69) is 15.5 Å². The first-order chi connectivity index (χ1) is 12.7. The predicted octanol–water partition coefficient (Wildman–Crippen LogP) is 3.83. The molecule has 1 fully saturated rings. The van der Waals surface area contributed by atoms with Crippen LogP contribution in [0, 0.1) is 6.92 Å². The number of aromatic nitrogens is 2. The van der Waals surface area contributed by atoms with Gasteiger partial charge in [-0.3, -0.25) is 4.79 Å². The number of aryl methyl sites for hydroxylation is 1. The highest BCUT2D eigenvalue weighted by Crippen LogP contribution is 2.25. The third-order valence-electron chi connectivity index (χ3n) is 4.35. The lowest BCUT2D eigenvalue weighted by Gasteiger charge is -2.10. The van der Waals surface area contributed by atoms with Gasteiger partial charge in [0.1, 0.15) is 6.10 Å². The van der Waals surface area contributed by atoms with E-state index in [4.69, 9.17) is 9.15 Å². The van der Waals surface area contributed by atoms with Gasteiger partial charge in [-0.2, -0.15) is 0 Å². The number of benzene rings is 2. The maximum Gasteiger partial charge on any atom is 0.253 e. The average Bonchev–Trinajstić information content (AvgIpc) is 3.35. The van der Waals surface area contributed by atoms with E-state index in [9.17, 15) is 4.79 Å². The van der Waals surface area contributed by atoms with Crippen LogP contribution in [0.25, 0.3) is 22.9 Å². The average molecular weight is 349 g/mol. The minimum absolute atomic E-state index is 0.102. The van der Waals surface area contributed by atoms with Crippen LogP contribution in [-0.2, 0) is 9.53 Å².